The first-order valence-corrected chi connectivity index (χ1v) is 7.01. The highest BCUT2D eigenvalue weighted by Gasteiger charge is 2.25. The van der Waals surface area contributed by atoms with E-state index >= 15 is 0 Å². The van der Waals surface area contributed by atoms with Gasteiger partial charge in [0.1, 0.15) is 0 Å². The van der Waals surface area contributed by atoms with Gasteiger partial charge in [0.15, 0.2) is 0 Å². The third-order valence-electron chi connectivity index (χ3n) is 3.57. The second kappa shape index (κ2) is 9.86. The lowest BCUT2D eigenvalue weighted by molar-refractivity contribution is 0.0606. The minimum atomic E-state index is 0.597. The van der Waals surface area contributed by atoms with E-state index in [1.54, 1.807) is 7.11 Å². The van der Waals surface area contributed by atoms with E-state index in [-0.39, 0.29) is 0 Å². The predicted octanol–water partition coefficient (Wildman–Crippen LogP) is 2.37. The molecule has 0 saturated carbocycles. The van der Waals surface area contributed by atoms with Gasteiger partial charge in [0, 0.05) is 32.3 Å². The molecule has 3 heteroatoms. The van der Waals surface area contributed by atoms with E-state index in [0.717, 1.165) is 19.7 Å². The lowest BCUT2D eigenvalue weighted by Gasteiger charge is -2.39. The molecular weight excluding hydrogens is 212 g/mol. The fraction of sp³-hybridized carbons (Fsp3) is 1.00. The second-order valence-electron chi connectivity index (χ2n) is 5.07. The molecule has 0 rings (SSSR count). The molecule has 104 valence electrons. The van der Waals surface area contributed by atoms with Crippen molar-refractivity contribution in [3.05, 3.63) is 0 Å². The normalized spacial score (nSPS) is 13.9. The quantitative estimate of drug-likeness (QED) is 0.638. The Bertz CT molecular complexity index is 170. The molecule has 0 aromatic rings. The van der Waals surface area contributed by atoms with E-state index < -0.39 is 0 Å². The average Bonchev–Trinajstić information content (AvgIpc) is 2.32. The summed E-state index contributed by atoms with van der Waals surface area (Å²) in [5.74, 6) is 0.667. The summed E-state index contributed by atoms with van der Waals surface area (Å²) < 4.78 is 5.26. The number of likely N-dealkylation sites (N-methyl/N-ethyl adjacent to an activating group) is 1. The zero-order chi connectivity index (χ0) is 13.3. The number of nitrogens with zero attached hydrogens (tertiary/aromatic N) is 1. The van der Waals surface area contributed by atoms with Gasteiger partial charge in [-0.25, -0.2) is 0 Å². The summed E-state index contributed by atoms with van der Waals surface area (Å²) in [5.41, 5.74) is 0. The maximum Gasteiger partial charge on any atom is 0.0589 e. The van der Waals surface area contributed by atoms with Crippen molar-refractivity contribution in [1.29, 1.82) is 0 Å². The van der Waals surface area contributed by atoms with E-state index in [4.69, 9.17) is 4.74 Å². The van der Waals surface area contributed by atoms with Crippen LogP contribution in [-0.2, 0) is 4.74 Å². The predicted molar refractivity (Wildman–Crippen MR) is 75.5 cm³/mol. The van der Waals surface area contributed by atoms with Gasteiger partial charge in [0.25, 0.3) is 0 Å². The minimum absolute atomic E-state index is 0.597. The Balaban J connectivity index is 4.69. The van der Waals surface area contributed by atoms with Gasteiger partial charge in [-0.05, 0) is 25.8 Å². The van der Waals surface area contributed by atoms with Crippen molar-refractivity contribution in [3.8, 4) is 0 Å². The molecule has 0 aromatic carbocycles. The molecule has 1 unspecified atom stereocenters. The van der Waals surface area contributed by atoms with Gasteiger partial charge in [-0.2, -0.15) is 0 Å². The number of methoxy groups -OCH3 is 1. The summed E-state index contributed by atoms with van der Waals surface area (Å²) in [6.07, 6.45) is 2.43. The van der Waals surface area contributed by atoms with Crippen LogP contribution in [0.1, 0.15) is 40.5 Å². The number of rotatable bonds is 10. The van der Waals surface area contributed by atoms with E-state index in [0.29, 0.717) is 18.0 Å². The van der Waals surface area contributed by atoms with Crippen LogP contribution in [0.15, 0.2) is 0 Å². The van der Waals surface area contributed by atoms with E-state index in [2.05, 4.69) is 37.9 Å². The zero-order valence-electron chi connectivity index (χ0n) is 12.6. The molecular formula is C14H32N2O. The first-order chi connectivity index (χ1) is 8.12. The van der Waals surface area contributed by atoms with Crippen LogP contribution < -0.4 is 5.32 Å². The zero-order valence-corrected chi connectivity index (χ0v) is 12.6. The van der Waals surface area contributed by atoms with Crippen molar-refractivity contribution in [2.75, 3.05) is 33.9 Å². The van der Waals surface area contributed by atoms with Crippen molar-refractivity contribution in [2.24, 2.45) is 5.92 Å². The standard InChI is InChI=1S/C14H32N2O/c1-7-13(8-2)16(9-10-17-6)14(11-15-5)12(3)4/h12-15H,7-11H2,1-6H3. The summed E-state index contributed by atoms with van der Waals surface area (Å²) in [7, 11) is 3.82. The lowest BCUT2D eigenvalue weighted by Crippen LogP contribution is -2.51. The molecule has 0 radical (unpaired) electrons. The van der Waals surface area contributed by atoms with Crippen LogP contribution in [0.25, 0.3) is 0 Å². The van der Waals surface area contributed by atoms with E-state index in [1.807, 2.05) is 7.05 Å². The molecule has 0 saturated heterocycles. The van der Waals surface area contributed by atoms with Gasteiger partial charge in [-0.3, -0.25) is 4.90 Å². The van der Waals surface area contributed by atoms with Gasteiger partial charge in [0.2, 0.25) is 0 Å². The SMILES string of the molecule is CCC(CC)N(CCOC)C(CNC)C(C)C. The molecule has 0 fully saturated rings. The Hall–Kier alpha value is -0.120. The molecule has 0 aliphatic rings. The molecule has 1 N–H and O–H groups in total. The molecule has 0 aromatic heterocycles. The van der Waals surface area contributed by atoms with Gasteiger partial charge in [0.05, 0.1) is 6.61 Å². The summed E-state index contributed by atoms with van der Waals surface area (Å²) >= 11 is 0. The van der Waals surface area contributed by atoms with Crippen LogP contribution in [0.4, 0.5) is 0 Å². The molecule has 0 aliphatic heterocycles. The van der Waals surface area contributed by atoms with Crippen molar-refractivity contribution >= 4 is 0 Å². The van der Waals surface area contributed by atoms with Gasteiger partial charge in [-0.1, -0.05) is 27.7 Å². The topological polar surface area (TPSA) is 24.5 Å². The maximum atomic E-state index is 5.26. The highest BCUT2D eigenvalue weighted by atomic mass is 16.5. The number of hydrogen-bond donors (Lipinski definition) is 1. The Kier molecular flexibility index (Phi) is 9.79. The summed E-state index contributed by atoms with van der Waals surface area (Å²) in [6.45, 7) is 12.1. The fourth-order valence-electron chi connectivity index (χ4n) is 2.52. The van der Waals surface area contributed by atoms with Crippen molar-refractivity contribution < 1.29 is 4.74 Å². The molecule has 0 amide bonds. The van der Waals surface area contributed by atoms with E-state index in [9.17, 15) is 0 Å². The summed E-state index contributed by atoms with van der Waals surface area (Å²) in [5, 5.41) is 3.33. The number of hydrogen-bond acceptors (Lipinski definition) is 3. The first-order valence-electron chi connectivity index (χ1n) is 7.01. The van der Waals surface area contributed by atoms with Crippen LogP contribution in [0.3, 0.4) is 0 Å². The number of nitrogens with one attached hydrogen (secondary N) is 1. The maximum absolute atomic E-state index is 5.26. The first kappa shape index (κ1) is 16.9. The molecule has 3 nitrogen and oxygen atoms in total. The summed E-state index contributed by atoms with van der Waals surface area (Å²) in [4.78, 5) is 2.63. The monoisotopic (exact) mass is 244 g/mol. The lowest BCUT2D eigenvalue weighted by atomic mass is 9.98. The molecule has 17 heavy (non-hydrogen) atoms. The average molecular weight is 244 g/mol. The van der Waals surface area contributed by atoms with Gasteiger partial charge < -0.3 is 10.1 Å². The molecule has 0 spiro atoms. The van der Waals surface area contributed by atoms with Crippen LogP contribution in [0.2, 0.25) is 0 Å². The smallest absolute Gasteiger partial charge is 0.0589 e. The van der Waals surface area contributed by atoms with Crippen molar-refractivity contribution in [2.45, 2.75) is 52.6 Å². The largest absolute Gasteiger partial charge is 0.383 e. The van der Waals surface area contributed by atoms with Gasteiger partial charge in [-0.15, -0.1) is 0 Å². The van der Waals surface area contributed by atoms with Crippen LogP contribution in [0, 0.1) is 5.92 Å². The highest BCUT2D eigenvalue weighted by Crippen LogP contribution is 2.17. The third kappa shape index (κ3) is 5.84. The minimum Gasteiger partial charge on any atom is -0.383 e. The number of ether oxygens (including phenoxy) is 1. The molecule has 0 aliphatic carbocycles. The van der Waals surface area contributed by atoms with Gasteiger partial charge >= 0.3 is 0 Å². The van der Waals surface area contributed by atoms with Crippen molar-refractivity contribution in [3.63, 3.8) is 0 Å². The molecule has 1 atom stereocenters. The van der Waals surface area contributed by atoms with Crippen LogP contribution >= 0.6 is 0 Å². The molecule has 0 bridgehead atoms. The molecule has 0 heterocycles. The van der Waals surface area contributed by atoms with Crippen LogP contribution in [0.5, 0.6) is 0 Å². The summed E-state index contributed by atoms with van der Waals surface area (Å²) in [6, 6.07) is 1.27. The third-order valence-corrected chi connectivity index (χ3v) is 3.57. The Labute approximate surface area is 108 Å². The second-order valence-corrected chi connectivity index (χ2v) is 5.07. The Morgan fingerprint density at radius 1 is 1.18 bits per heavy atom. The highest BCUT2D eigenvalue weighted by molar-refractivity contribution is 4.81. The van der Waals surface area contributed by atoms with E-state index in [1.165, 1.54) is 12.8 Å². The van der Waals surface area contributed by atoms with Crippen molar-refractivity contribution in [1.82, 2.24) is 10.2 Å². The fourth-order valence-corrected chi connectivity index (χ4v) is 2.52. The van der Waals surface area contributed by atoms with Crippen LogP contribution in [-0.4, -0.2) is 50.8 Å². The Morgan fingerprint density at radius 2 is 1.76 bits per heavy atom. The Morgan fingerprint density at radius 3 is 2.12 bits per heavy atom.